The number of methoxy groups -OCH3 is 2. The van der Waals surface area contributed by atoms with Crippen LogP contribution in [-0.4, -0.2) is 64.4 Å². The normalized spacial score (nSPS) is 16.2. The van der Waals surface area contributed by atoms with Gasteiger partial charge in [0.05, 0.1) is 19.1 Å². The Kier molecular flexibility index (Phi) is 6.97. The summed E-state index contributed by atoms with van der Waals surface area (Å²) < 4.78 is 78.3. The number of benzene rings is 2. The minimum absolute atomic E-state index is 0.0788. The van der Waals surface area contributed by atoms with Gasteiger partial charge in [0.15, 0.2) is 0 Å². The molecule has 0 aromatic heterocycles. The molecule has 11 heteroatoms. The highest BCUT2D eigenvalue weighted by Gasteiger charge is 2.32. The smallest absolute Gasteiger partial charge is 0.497 e. The predicted octanol–water partition coefficient (Wildman–Crippen LogP) is 3.11. The fraction of sp³-hybridized carbons (Fsp3) is 0.400. The molecule has 0 aliphatic carbocycles. The zero-order valence-electron chi connectivity index (χ0n) is 17.1. The summed E-state index contributed by atoms with van der Waals surface area (Å²) in [5, 5.41) is 0. The van der Waals surface area contributed by atoms with E-state index in [4.69, 9.17) is 9.47 Å². The molecule has 0 saturated carbocycles. The van der Waals surface area contributed by atoms with E-state index in [1.165, 1.54) is 4.31 Å². The predicted molar refractivity (Wildman–Crippen MR) is 107 cm³/mol. The molecule has 1 fully saturated rings. The SMILES string of the molecule is COc1ccc(OC)c(CN2CCN(S(=O)(=O)c3ccc(OC(F)(F)F)cc3)CC2)c1. The summed E-state index contributed by atoms with van der Waals surface area (Å²) in [7, 11) is -0.653. The van der Waals surface area contributed by atoms with E-state index in [-0.39, 0.29) is 18.0 Å². The number of sulfonamides is 1. The Labute approximate surface area is 179 Å². The van der Waals surface area contributed by atoms with Crippen LogP contribution in [0, 0.1) is 0 Å². The molecule has 0 bridgehead atoms. The van der Waals surface area contributed by atoms with Gasteiger partial charge in [-0.15, -0.1) is 13.2 Å². The third-order valence-corrected chi connectivity index (χ3v) is 6.82. The Morgan fingerprint density at radius 2 is 1.52 bits per heavy atom. The van der Waals surface area contributed by atoms with Crippen LogP contribution in [0.15, 0.2) is 47.4 Å². The standard InChI is InChI=1S/C20H23F3N2O5S/c1-28-17-5-8-19(29-2)15(13-17)14-24-9-11-25(12-10-24)31(26,27)18-6-3-16(4-7-18)30-20(21,22)23/h3-8,13H,9-12,14H2,1-2H3. The molecule has 1 aliphatic rings. The Balaban J connectivity index is 1.64. The zero-order chi connectivity index (χ0) is 22.6. The highest BCUT2D eigenvalue weighted by molar-refractivity contribution is 7.89. The van der Waals surface area contributed by atoms with Crippen LogP contribution in [-0.2, 0) is 16.6 Å². The molecule has 0 radical (unpaired) electrons. The molecule has 1 aliphatic heterocycles. The zero-order valence-corrected chi connectivity index (χ0v) is 17.9. The number of ether oxygens (including phenoxy) is 3. The second-order valence-electron chi connectivity index (χ2n) is 6.88. The lowest BCUT2D eigenvalue weighted by Gasteiger charge is -2.34. The lowest BCUT2D eigenvalue weighted by Crippen LogP contribution is -2.48. The molecule has 170 valence electrons. The van der Waals surface area contributed by atoms with Crippen molar-refractivity contribution >= 4 is 10.0 Å². The highest BCUT2D eigenvalue weighted by atomic mass is 32.2. The van der Waals surface area contributed by atoms with Crippen molar-refractivity contribution < 1.29 is 35.8 Å². The van der Waals surface area contributed by atoms with Crippen molar-refractivity contribution in [2.75, 3.05) is 40.4 Å². The number of piperazine rings is 1. The number of rotatable bonds is 7. The summed E-state index contributed by atoms with van der Waals surface area (Å²) in [6, 6.07) is 9.72. The molecule has 7 nitrogen and oxygen atoms in total. The van der Waals surface area contributed by atoms with E-state index >= 15 is 0 Å². The van der Waals surface area contributed by atoms with Gasteiger partial charge in [-0.3, -0.25) is 4.90 Å². The molecule has 31 heavy (non-hydrogen) atoms. The number of alkyl halides is 3. The topological polar surface area (TPSA) is 68.3 Å². The first kappa shape index (κ1) is 23.2. The van der Waals surface area contributed by atoms with E-state index in [0.717, 1.165) is 35.6 Å². The maximum Gasteiger partial charge on any atom is 0.573 e. The third-order valence-electron chi connectivity index (χ3n) is 4.91. The van der Waals surface area contributed by atoms with Crippen LogP contribution in [0.1, 0.15) is 5.56 Å². The maximum absolute atomic E-state index is 12.8. The van der Waals surface area contributed by atoms with E-state index in [2.05, 4.69) is 9.64 Å². The quantitative estimate of drug-likeness (QED) is 0.633. The van der Waals surface area contributed by atoms with Crippen molar-refractivity contribution in [1.82, 2.24) is 9.21 Å². The van der Waals surface area contributed by atoms with Crippen LogP contribution >= 0.6 is 0 Å². The molecule has 2 aromatic carbocycles. The maximum atomic E-state index is 12.8. The Morgan fingerprint density at radius 3 is 2.06 bits per heavy atom. The minimum Gasteiger partial charge on any atom is -0.497 e. The Hall–Kier alpha value is -2.50. The van der Waals surface area contributed by atoms with Crippen molar-refractivity contribution in [2.45, 2.75) is 17.8 Å². The number of hydrogen-bond donors (Lipinski definition) is 0. The molecule has 1 saturated heterocycles. The average molecular weight is 460 g/mol. The molecule has 0 N–H and O–H groups in total. The van der Waals surface area contributed by atoms with Crippen LogP contribution in [0.4, 0.5) is 13.2 Å². The van der Waals surface area contributed by atoms with E-state index in [9.17, 15) is 21.6 Å². The van der Waals surface area contributed by atoms with Crippen LogP contribution in [0.3, 0.4) is 0 Å². The van der Waals surface area contributed by atoms with Crippen LogP contribution < -0.4 is 14.2 Å². The van der Waals surface area contributed by atoms with Gasteiger partial charge in [-0.2, -0.15) is 4.31 Å². The molecule has 3 rings (SSSR count). The summed E-state index contributed by atoms with van der Waals surface area (Å²) in [5.41, 5.74) is 0.929. The lowest BCUT2D eigenvalue weighted by atomic mass is 10.1. The summed E-state index contributed by atoms with van der Waals surface area (Å²) in [4.78, 5) is 2.02. The number of nitrogens with zero attached hydrogens (tertiary/aromatic N) is 2. The van der Waals surface area contributed by atoms with E-state index in [1.807, 2.05) is 12.1 Å². The second-order valence-corrected chi connectivity index (χ2v) is 8.82. The molecular formula is C20H23F3N2O5S. The van der Waals surface area contributed by atoms with Gasteiger partial charge in [0, 0.05) is 38.3 Å². The highest BCUT2D eigenvalue weighted by Crippen LogP contribution is 2.27. The van der Waals surface area contributed by atoms with Crippen LogP contribution in [0.2, 0.25) is 0 Å². The van der Waals surface area contributed by atoms with Crippen LogP contribution in [0.5, 0.6) is 17.2 Å². The van der Waals surface area contributed by atoms with E-state index < -0.39 is 22.1 Å². The van der Waals surface area contributed by atoms with Gasteiger partial charge in [0.2, 0.25) is 10.0 Å². The molecule has 0 atom stereocenters. The fourth-order valence-electron chi connectivity index (χ4n) is 3.34. The van der Waals surface area contributed by atoms with Gasteiger partial charge in [-0.1, -0.05) is 0 Å². The van der Waals surface area contributed by atoms with Crippen molar-refractivity contribution in [3.05, 3.63) is 48.0 Å². The molecule has 0 unspecified atom stereocenters. The van der Waals surface area contributed by atoms with Crippen molar-refractivity contribution in [2.24, 2.45) is 0 Å². The number of halogens is 3. The summed E-state index contributed by atoms with van der Waals surface area (Å²) in [5.74, 6) is 0.954. The number of hydrogen-bond acceptors (Lipinski definition) is 6. The van der Waals surface area contributed by atoms with E-state index in [1.54, 1.807) is 20.3 Å². The summed E-state index contributed by atoms with van der Waals surface area (Å²) in [6.07, 6.45) is -4.83. The summed E-state index contributed by atoms with van der Waals surface area (Å²) in [6.45, 7) is 2.08. The minimum atomic E-state index is -4.83. The van der Waals surface area contributed by atoms with Gasteiger partial charge in [-0.25, -0.2) is 8.42 Å². The first-order chi connectivity index (χ1) is 14.6. The van der Waals surface area contributed by atoms with Gasteiger partial charge in [0.1, 0.15) is 17.2 Å². The Bertz CT molecular complexity index is 989. The van der Waals surface area contributed by atoms with Crippen molar-refractivity contribution in [3.8, 4) is 17.2 Å². The largest absolute Gasteiger partial charge is 0.573 e. The second kappa shape index (κ2) is 9.33. The van der Waals surface area contributed by atoms with Crippen molar-refractivity contribution in [3.63, 3.8) is 0 Å². The fourth-order valence-corrected chi connectivity index (χ4v) is 4.76. The molecule has 1 heterocycles. The molecule has 0 spiro atoms. The first-order valence-electron chi connectivity index (χ1n) is 9.41. The molecule has 2 aromatic rings. The van der Waals surface area contributed by atoms with Crippen molar-refractivity contribution in [1.29, 1.82) is 0 Å². The lowest BCUT2D eigenvalue weighted by molar-refractivity contribution is -0.274. The summed E-state index contributed by atoms with van der Waals surface area (Å²) >= 11 is 0. The molecular weight excluding hydrogens is 437 g/mol. The first-order valence-corrected chi connectivity index (χ1v) is 10.9. The average Bonchev–Trinajstić information content (AvgIpc) is 2.73. The van der Waals surface area contributed by atoms with Crippen LogP contribution in [0.25, 0.3) is 0 Å². The monoisotopic (exact) mass is 460 g/mol. The van der Waals surface area contributed by atoms with E-state index in [0.29, 0.717) is 25.4 Å². The van der Waals surface area contributed by atoms with Gasteiger partial charge in [-0.05, 0) is 42.5 Å². The molecule has 0 amide bonds. The third kappa shape index (κ3) is 5.81. The van der Waals surface area contributed by atoms with Gasteiger partial charge in [0.25, 0.3) is 0 Å². The van der Waals surface area contributed by atoms with Gasteiger partial charge >= 0.3 is 6.36 Å². The Morgan fingerprint density at radius 1 is 0.903 bits per heavy atom. The van der Waals surface area contributed by atoms with Gasteiger partial charge < -0.3 is 14.2 Å².